The van der Waals surface area contributed by atoms with E-state index in [9.17, 15) is 26.7 Å². The molecular formula is C23H26F5N3O2. The number of halogens is 5. The van der Waals surface area contributed by atoms with Crippen molar-refractivity contribution < 1.29 is 31.5 Å². The van der Waals surface area contributed by atoms with Gasteiger partial charge in [-0.3, -0.25) is 9.48 Å². The van der Waals surface area contributed by atoms with E-state index in [4.69, 9.17) is 0 Å². The number of anilines is 1. The van der Waals surface area contributed by atoms with Crippen molar-refractivity contribution in [1.29, 1.82) is 0 Å². The van der Waals surface area contributed by atoms with Crippen molar-refractivity contribution in [3.8, 4) is 17.0 Å². The molecule has 0 radical (unpaired) electrons. The van der Waals surface area contributed by atoms with Crippen LogP contribution in [-0.4, -0.2) is 28.0 Å². The third-order valence-electron chi connectivity index (χ3n) is 6.50. The number of hydrogen-bond donors (Lipinski definition) is 1. The van der Waals surface area contributed by atoms with Crippen LogP contribution in [0.25, 0.3) is 11.3 Å². The summed E-state index contributed by atoms with van der Waals surface area (Å²) in [6, 6.07) is 5.15. The Kier molecular flexibility index (Phi) is 5.69. The Labute approximate surface area is 188 Å². The lowest BCUT2D eigenvalue weighted by Gasteiger charge is -2.35. The van der Waals surface area contributed by atoms with Crippen LogP contribution in [0, 0.1) is 11.3 Å². The summed E-state index contributed by atoms with van der Waals surface area (Å²) in [6.07, 6.45) is -3.11. The molecule has 0 aliphatic heterocycles. The first kappa shape index (κ1) is 23.5. The van der Waals surface area contributed by atoms with Crippen molar-refractivity contribution in [2.45, 2.75) is 64.2 Å². The third-order valence-corrected chi connectivity index (χ3v) is 6.50. The van der Waals surface area contributed by atoms with Gasteiger partial charge in [0.15, 0.2) is 5.82 Å². The van der Waals surface area contributed by atoms with E-state index in [0.717, 1.165) is 25.0 Å². The number of nitrogens with one attached hydrogen (secondary N) is 1. The highest BCUT2D eigenvalue weighted by atomic mass is 19.4. The molecule has 1 heterocycles. The Morgan fingerprint density at radius 2 is 1.79 bits per heavy atom. The molecule has 1 aromatic carbocycles. The zero-order valence-electron chi connectivity index (χ0n) is 18.6. The number of ether oxygens (including phenoxy) is 1. The van der Waals surface area contributed by atoms with Gasteiger partial charge in [-0.25, -0.2) is 8.78 Å². The SMILES string of the molecule is Cn1nc(NC(=O)CC(C)(C)C2CC2)c(C2CC(F)(F)C2)c1-c1ccc(OC(F)(F)F)cc1. The summed E-state index contributed by atoms with van der Waals surface area (Å²) in [7, 11) is 1.61. The lowest BCUT2D eigenvalue weighted by atomic mass is 9.75. The van der Waals surface area contributed by atoms with Crippen LogP contribution in [-0.2, 0) is 11.8 Å². The molecule has 33 heavy (non-hydrogen) atoms. The quantitative estimate of drug-likeness (QED) is 0.485. The van der Waals surface area contributed by atoms with Gasteiger partial charge in [-0.15, -0.1) is 13.2 Å². The maximum atomic E-state index is 13.7. The largest absolute Gasteiger partial charge is 0.573 e. The smallest absolute Gasteiger partial charge is 0.406 e. The van der Waals surface area contributed by atoms with E-state index in [1.165, 1.54) is 16.8 Å². The van der Waals surface area contributed by atoms with E-state index < -0.39 is 18.2 Å². The summed E-state index contributed by atoms with van der Waals surface area (Å²) in [5.74, 6) is -3.23. The monoisotopic (exact) mass is 471 g/mol. The number of aryl methyl sites for hydroxylation is 1. The van der Waals surface area contributed by atoms with Gasteiger partial charge in [0.2, 0.25) is 11.8 Å². The molecule has 1 N–H and O–H groups in total. The first-order valence-electron chi connectivity index (χ1n) is 10.8. The molecule has 1 amide bonds. The topological polar surface area (TPSA) is 56.2 Å². The third kappa shape index (κ3) is 5.30. The molecule has 0 unspecified atom stereocenters. The summed E-state index contributed by atoms with van der Waals surface area (Å²) < 4.78 is 70.2. The van der Waals surface area contributed by atoms with Crippen molar-refractivity contribution in [3.63, 3.8) is 0 Å². The second kappa shape index (κ2) is 7.99. The van der Waals surface area contributed by atoms with Gasteiger partial charge in [0.1, 0.15) is 5.75 Å². The highest BCUT2D eigenvalue weighted by molar-refractivity contribution is 5.92. The maximum absolute atomic E-state index is 13.7. The Bertz CT molecular complexity index is 1030. The Balaban J connectivity index is 1.63. The summed E-state index contributed by atoms with van der Waals surface area (Å²) in [5, 5.41) is 7.19. The molecule has 180 valence electrons. The van der Waals surface area contributed by atoms with Crippen LogP contribution in [0.5, 0.6) is 5.75 Å². The number of carbonyl (C=O) groups is 1. The van der Waals surface area contributed by atoms with Crippen LogP contribution in [0.2, 0.25) is 0 Å². The van der Waals surface area contributed by atoms with Gasteiger partial charge in [0, 0.05) is 43.4 Å². The van der Waals surface area contributed by atoms with Gasteiger partial charge in [-0.2, -0.15) is 5.10 Å². The molecule has 0 spiro atoms. The van der Waals surface area contributed by atoms with Crippen LogP contribution in [0.15, 0.2) is 24.3 Å². The predicted octanol–water partition coefficient (Wildman–Crippen LogP) is 6.26. The second-order valence-corrected chi connectivity index (χ2v) is 9.76. The van der Waals surface area contributed by atoms with E-state index in [1.807, 2.05) is 13.8 Å². The molecule has 0 bridgehead atoms. The minimum absolute atomic E-state index is 0.167. The van der Waals surface area contributed by atoms with Crippen molar-refractivity contribution >= 4 is 11.7 Å². The first-order valence-corrected chi connectivity index (χ1v) is 10.8. The number of benzene rings is 1. The van der Waals surface area contributed by atoms with E-state index in [-0.39, 0.29) is 42.2 Å². The van der Waals surface area contributed by atoms with Crippen LogP contribution >= 0.6 is 0 Å². The zero-order valence-corrected chi connectivity index (χ0v) is 18.6. The Morgan fingerprint density at radius 1 is 1.18 bits per heavy atom. The van der Waals surface area contributed by atoms with Crippen molar-refractivity contribution in [2.24, 2.45) is 18.4 Å². The number of carbonyl (C=O) groups excluding carboxylic acids is 1. The summed E-state index contributed by atoms with van der Waals surface area (Å²) in [4.78, 5) is 12.8. The molecule has 0 saturated heterocycles. The molecule has 2 saturated carbocycles. The highest BCUT2D eigenvalue weighted by Crippen LogP contribution is 2.53. The number of aromatic nitrogens is 2. The second-order valence-electron chi connectivity index (χ2n) is 9.76. The predicted molar refractivity (Wildman–Crippen MR) is 112 cm³/mol. The summed E-state index contributed by atoms with van der Waals surface area (Å²) >= 11 is 0. The molecule has 10 heteroatoms. The van der Waals surface area contributed by atoms with Crippen molar-refractivity contribution in [1.82, 2.24) is 9.78 Å². The lowest BCUT2D eigenvalue weighted by Crippen LogP contribution is -2.34. The van der Waals surface area contributed by atoms with Crippen molar-refractivity contribution in [2.75, 3.05) is 5.32 Å². The molecule has 4 rings (SSSR count). The number of nitrogens with zero attached hydrogens (tertiary/aromatic N) is 2. The molecule has 1 aromatic heterocycles. The van der Waals surface area contributed by atoms with E-state index in [2.05, 4.69) is 15.2 Å². The number of hydrogen-bond acceptors (Lipinski definition) is 3. The minimum Gasteiger partial charge on any atom is -0.406 e. The molecule has 0 atom stereocenters. The van der Waals surface area contributed by atoms with Gasteiger partial charge in [0.25, 0.3) is 0 Å². The average molecular weight is 471 g/mol. The van der Waals surface area contributed by atoms with Gasteiger partial charge >= 0.3 is 6.36 Å². The van der Waals surface area contributed by atoms with Crippen LogP contribution < -0.4 is 10.1 Å². The van der Waals surface area contributed by atoms with Gasteiger partial charge in [0.05, 0.1) is 5.69 Å². The fraction of sp³-hybridized carbons (Fsp3) is 0.565. The van der Waals surface area contributed by atoms with Crippen LogP contribution in [0.3, 0.4) is 0 Å². The Hall–Kier alpha value is -2.65. The van der Waals surface area contributed by atoms with Crippen LogP contribution in [0.1, 0.15) is 57.4 Å². The highest BCUT2D eigenvalue weighted by Gasteiger charge is 2.48. The van der Waals surface area contributed by atoms with E-state index >= 15 is 0 Å². The Morgan fingerprint density at radius 3 is 2.30 bits per heavy atom. The van der Waals surface area contributed by atoms with Crippen LogP contribution in [0.4, 0.5) is 27.8 Å². The average Bonchev–Trinajstić information content (AvgIpc) is 3.44. The molecule has 2 aliphatic carbocycles. The van der Waals surface area contributed by atoms with E-state index in [0.29, 0.717) is 22.7 Å². The summed E-state index contributed by atoms with van der Waals surface area (Å²) in [5.41, 5.74) is 1.28. The maximum Gasteiger partial charge on any atom is 0.573 e. The fourth-order valence-electron chi connectivity index (χ4n) is 4.64. The first-order chi connectivity index (χ1) is 15.2. The van der Waals surface area contributed by atoms with Crippen molar-refractivity contribution in [3.05, 3.63) is 29.8 Å². The number of alkyl halides is 5. The number of amides is 1. The molecule has 2 aliphatic rings. The number of rotatable bonds is 7. The minimum atomic E-state index is -4.82. The van der Waals surface area contributed by atoms with E-state index in [1.54, 1.807) is 7.05 Å². The molecule has 2 fully saturated rings. The molecule has 5 nitrogen and oxygen atoms in total. The lowest BCUT2D eigenvalue weighted by molar-refractivity contribution is -0.274. The molecule has 2 aromatic rings. The van der Waals surface area contributed by atoms with Gasteiger partial charge < -0.3 is 10.1 Å². The van der Waals surface area contributed by atoms with Gasteiger partial charge in [-0.1, -0.05) is 13.8 Å². The standard InChI is InChI=1S/C23H26F5N3O2/c1-21(2,15-6-7-15)12-17(32)29-20-18(14-10-22(24,25)11-14)19(31(3)30-20)13-4-8-16(9-5-13)33-23(26,27)28/h4-5,8-9,14-15H,6-7,10-12H2,1-3H3,(H,29,30,32). The molecular weight excluding hydrogens is 445 g/mol. The fourth-order valence-corrected chi connectivity index (χ4v) is 4.64. The summed E-state index contributed by atoms with van der Waals surface area (Å²) in [6.45, 7) is 4.07. The van der Waals surface area contributed by atoms with Gasteiger partial charge in [-0.05, 0) is 48.4 Å². The normalized spacial score (nSPS) is 18.7. The zero-order chi connectivity index (χ0) is 24.2.